The zero-order chi connectivity index (χ0) is 11.8. The van der Waals surface area contributed by atoms with Crippen LogP contribution in [0.25, 0.3) is 22.4 Å². The van der Waals surface area contributed by atoms with E-state index >= 15 is 0 Å². The summed E-state index contributed by atoms with van der Waals surface area (Å²) in [7, 11) is 0. The highest BCUT2D eigenvalue weighted by molar-refractivity contribution is 14.0. The van der Waals surface area contributed by atoms with Crippen molar-refractivity contribution in [3.8, 4) is 17.1 Å². The highest BCUT2D eigenvalue weighted by Gasteiger charge is 2.05. The van der Waals surface area contributed by atoms with Crippen LogP contribution in [-0.2, 0) is 0 Å². The van der Waals surface area contributed by atoms with Crippen LogP contribution >= 0.6 is 112 Å². The summed E-state index contributed by atoms with van der Waals surface area (Å²) in [6.07, 6.45) is 0. The van der Waals surface area contributed by atoms with E-state index in [1.165, 1.54) is 0 Å². The maximum Gasteiger partial charge on any atom is 0.138 e. The van der Waals surface area contributed by atoms with E-state index < -0.39 is 0 Å². The van der Waals surface area contributed by atoms with Gasteiger partial charge in [-0.1, -0.05) is 15.9 Å². The number of H-pyrrole nitrogens is 1. The predicted octanol–water partition coefficient (Wildman–Crippen LogP) is 6.17. The van der Waals surface area contributed by atoms with Gasteiger partial charge in [0.25, 0.3) is 0 Å². The molecule has 0 saturated carbocycles. The minimum Gasteiger partial charge on any atom is -0.508 e. The van der Waals surface area contributed by atoms with Crippen molar-refractivity contribution in [1.29, 1.82) is 0 Å². The first-order valence-corrected chi connectivity index (χ1v) is 5.96. The Morgan fingerprint density at radius 3 is 2.14 bits per heavy atom. The van der Waals surface area contributed by atoms with E-state index in [4.69, 9.17) is 0 Å². The van der Waals surface area contributed by atoms with Crippen molar-refractivity contribution in [2.75, 3.05) is 0 Å². The average molecular weight is 801 g/mol. The van der Waals surface area contributed by atoms with Crippen LogP contribution in [0, 0.1) is 0 Å². The molecule has 1 aromatic heterocycles. The molecule has 2 aromatic carbocycles. The Balaban J connectivity index is 0. The normalized spacial score (nSPS) is 8.81. The second-order valence-electron chi connectivity index (χ2n) is 3.79. The molecule has 8 heteroatoms. The third-order valence-corrected chi connectivity index (χ3v) is 3.08. The minimum absolute atomic E-state index is 0. The van der Waals surface area contributed by atoms with Crippen molar-refractivity contribution in [2.24, 2.45) is 0 Å². The molecule has 3 rings (SSSR count). The maximum absolute atomic E-state index is 9.24. The molecule has 0 aliphatic heterocycles. The molecule has 0 spiro atoms. The van der Waals surface area contributed by atoms with Crippen LogP contribution < -0.4 is 0 Å². The number of rotatable bonds is 1. The fourth-order valence-electron chi connectivity index (χ4n) is 1.73. The van der Waals surface area contributed by atoms with Crippen LogP contribution in [-0.4, -0.2) is 15.1 Å². The Kier molecular flexibility index (Phi) is 12.5. The summed E-state index contributed by atoms with van der Waals surface area (Å²) in [4.78, 5) is 7.75. The summed E-state index contributed by atoms with van der Waals surface area (Å²) in [5.74, 6) is 1.06. The number of nitrogens with zero attached hydrogens (tertiary/aromatic N) is 1. The summed E-state index contributed by atoms with van der Waals surface area (Å²) < 4.78 is 1.01. The van der Waals surface area contributed by atoms with Gasteiger partial charge in [0.2, 0.25) is 0 Å². The lowest BCUT2D eigenvalue weighted by atomic mass is 10.2. The second kappa shape index (κ2) is 10.8. The van der Waals surface area contributed by atoms with Crippen molar-refractivity contribution in [2.45, 2.75) is 0 Å². The quantitative estimate of drug-likeness (QED) is 0.290. The summed E-state index contributed by atoms with van der Waals surface area (Å²) in [5, 5.41) is 9.24. The zero-order valence-electron chi connectivity index (χ0n) is 10.4. The molecule has 0 aliphatic rings. The Morgan fingerprint density at radius 1 is 0.905 bits per heavy atom. The van der Waals surface area contributed by atoms with Gasteiger partial charge >= 0.3 is 0 Å². The number of phenolic OH excluding ortho intramolecular Hbond substituents is 1. The molecule has 1 heterocycles. The molecule has 0 bridgehead atoms. The Labute approximate surface area is 199 Å². The first-order chi connectivity index (χ1) is 8.22. The lowest BCUT2D eigenvalue weighted by Gasteiger charge is -1.95. The van der Waals surface area contributed by atoms with Gasteiger partial charge in [-0.3, -0.25) is 0 Å². The van der Waals surface area contributed by atoms with Crippen molar-refractivity contribution in [1.82, 2.24) is 9.97 Å². The van der Waals surface area contributed by atoms with Gasteiger partial charge in [-0.15, -0.1) is 95.9 Å². The summed E-state index contributed by atoms with van der Waals surface area (Å²) >= 11 is 3.42. The zero-order valence-corrected chi connectivity index (χ0v) is 21.4. The van der Waals surface area contributed by atoms with E-state index in [0.717, 1.165) is 26.9 Å². The van der Waals surface area contributed by atoms with Gasteiger partial charge in [-0.05, 0) is 42.5 Å². The second-order valence-corrected chi connectivity index (χ2v) is 4.71. The molecule has 0 saturated heterocycles. The Bertz CT molecular complexity index is 688. The number of fused-ring (bicyclic) bond motifs is 1. The molecule has 21 heavy (non-hydrogen) atoms. The van der Waals surface area contributed by atoms with Crippen LogP contribution in [0.3, 0.4) is 0 Å². The fraction of sp³-hybridized carbons (Fsp3) is 0. The molecule has 116 valence electrons. The van der Waals surface area contributed by atoms with E-state index in [2.05, 4.69) is 25.9 Å². The molecule has 0 radical (unpaired) electrons. The highest BCUT2D eigenvalue weighted by atomic mass is 127. The molecular formula is C13H13BrI4N2O. The average Bonchev–Trinajstić information content (AvgIpc) is 2.72. The number of aromatic nitrogens is 2. The van der Waals surface area contributed by atoms with Gasteiger partial charge in [0.1, 0.15) is 11.6 Å². The number of halogens is 5. The number of aromatic amines is 1. The number of benzene rings is 2. The molecule has 0 amide bonds. The summed E-state index contributed by atoms with van der Waals surface area (Å²) in [6.45, 7) is 0. The smallest absolute Gasteiger partial charge is 0.138 e. The molecule has 0 unspecified atom stereocenters. The predicted molar refractivity (Wildman–Crippen MR) is 133 cm³/mol. The van der Waals surface area contributed by atoms with Crippen molar-refractivity contribution >= 4 is 123 Å². The first-order valence-electron chi connectivity index (χ1n) is 5.17. The van der Waals surface area contributed by atoms with Gasteiger partial charge in [-0.25, -0.2) is 4.98 Å². The van der Waals surface area contributed by atoms with E-state index in [1.807, 2.05) is 30.3 Å². The van der Waals surface area contributed by atoms with Crippen LogP contribution in [0.5, 0.6) is 5.75 Å². The molecule has 3 aromatic rings. The minimum atomic E-state index is 0. The molecule has 0 atom stereocenters. The number of hydrogen-bond donors (Lipinski definition) is 2. The number of phenols is 1. The third-order valence-electron chi connectivity index (χ3n) is 2.59. The van der Waals surface area contributed by atoms with E-state index in [0.29, 0.717) is 0 Å². The molecule has 0 fully saturated rings. The van der Waals surface area contributed by atoms with Crippen LogP contribution in [0.15, 0.2) is 46.9 Å². The number of imidazole rings is 1. The Morgan fingerprint density at radius 2 is 1.52 bits per heavy atom. The largest absolute Gasteiger partial charge is 0.508 e. The summed E-state index contributed by atoms with van der Waals surface area (Å²) in [6, 6.07) is 12.9. The SMILES string of the molecule is I.I.I.I.Oc1ccc(-c2nc3cc(Br)ccc3[nH]2)cc1. The first kappa shape index (κ1) is 24.4. The molecule has 2 N–H and O–H groups in total. The van der Waals surface area contributed by atoms with E-state index in [1.54, 1.807) is 12.1 Å². The van der Waals surface area contributed by atoms with Gasteiger partial charge in [0.15, 0.2) is 0 Å². The lowest BCUT2D eigenvalue weighted by Crippen LogP contribution is -1.78. The lowest BCUT2D eigenvalue weighted by molar-refractivity contribution is 0.475. The van der Waals surface area contributed by atoms with Crippen molar-refractivity contribution < 1.29 is 5.11 Å². The maximum atomic E-state index is 9.24. The standard InChI is InChI=1S/C13H9BrN2O.4HI/c14-9-3-6-11-12(7-9)16-13(15-11)8-1-4-10(17)5-2-8;;;;/h1-7,17H,(H,15,16);4*1H. The van der Waals surface area contributed by atoms with Crippen molar-refractivity contribution in [3.63, 3.8) is 0 Å². The van der Waals surface area contributed by atoms with E-state index in [9.17, 15) is 5.11 Å². The number of hydrogen-bond acceptors (Lipinski definition) is 2. The highest BCUT2D eigenvalue weighted by Crippen LogP contribution is 2.24. The van der Waals surface area contributed by atoms with Crippen molar-refractivity contribution in [3.05, 3.63) is 46.9 Å². The summed E-state index contributed by atoms with van der Waals surface area (Å²) in [5.41, 5.74) is 2.87. The fourth-order valence-corrected chi connectivity index (χ4v) is 2.08. The monoisotopic (exact) mass is 800 g/mol. The van der Waals surface area contributed by atoms with Gasteiger partial charge in [-0.2, -0.15) is 0 Å². The van der Waals surface area contributed by atoms with Crippen LogP contribution in [0.2, 0.25) is 0 Å². The molecule has 3 nitrogen and oxygen atoms in total. The van der Waals surface area contributed by atoms with Gasteiger partial charge < -0.3 is 10.1 Å². The molecule has 0 aliphatic carbocycles. The third kappa shape index (κ3) is 5.91. The number of aromatic hydroxyl groups is 1. The van der Waals surface area contributed by atoms with Gasteiger partial charge in [0, 0.05) is 10.0 Å². The van der Waals surface area contributed by atoms with Crippen LogP contribution in [0.4, 0.5) is 0 Å². The van der Waals surface area contributed by atoms with E-state index in [-0.39, 0.29) is 102 Å². The van der Waals surface area contributed by atoms with Crippen LogP contribution in [0.1, 0.15) is 0 Å². The Hall–Kier alpha value is 1.11. The topological polar surface area (TPSA) is 48.9 Å². The van der Waals surface area contributed by atoms with Gasteiger partial charge in [0.05, 0.1) is 11.0 Å². The molecular weight excluding hydrogens is 788 g/mol. The number of nitrogens with one attached hydrogen (secondary N) is 1.